The normalized spacial score (nSPS) is 12.2. The van der Waals surface area contributed by atoms with E-state index in [1.54, 1.807) is 7.05 Å². The second-order valence-electron chi connectivity index (χ2n) is 3.37. The number of terminal acetylenes is 1. The Bertz CT molecular complexity index is 386. The molecule has 0 aliphatic rings. The minimum absolute atomic E-state index is 0.167. The van der Waals surface area contributed by atoms with Crippen molar-refractivity contribution in [3.8, 4) is 12.3 Å². The lowest BCUT2D eigenvalue weighted by molar-refractivity contribution is 0.464. The molecule has 0 fully saturated rings. The van der Waals surface area contributed by atoms with Crippen molar-refractivity contribution in [1.29, 1.82) is 0 Å². The Morgan fingerprint density at radius 2 is 1.88 bits per heavy atom. The highest BCUT2D eigenvalue weighted by Gasteiger charge is 2.19. The molecule has 1 aromatic carbocycles. The van der Waals surface area contributed by atoms with Gasteiger partial charge in [-0.2, -0.15) is 0 Å². The summed E-state index contributed by atoms with van der Waals surface area (Å²) in [5.74, 6) is -0.321. The largest absolute Gasteiger partial charge is 0.313 e. The number of benzene rings is 1. The Morgan fingerprint density at radius 3 is 2.31 bits per heavy atom. The zero-order valence-electron chi connectivity index (χ0n) is 8.86. The fourth-order valence-electron chi connectivity index (χ4n) is 1.55. The van der Waals surface area contributed by atoms with E-state index in [0.29, 0.717) is 25.0 Å². The van der Waals surface area contributed by atoms with Crippen molar-refractivity contribution in [3.63, 3.8) is 0 Å². The van der Waals surface area contributed by atoms with E-state index in [1.165, 1.54) is 0 Å². The molecule has 0 bridgehead atoms. The van der Waals surface area contributed by atoms with Crippen LogP contribution < -0.4 is 5.32 Å². The van der Waals surface area contributed by atoms with Gasteiger partial charge in [0.2, 0.25) is 0 Å². The fraction of sp³-hybridized carbons (Fsp3) is 0.333. The van der Waals surface area contributed by atoms with Gasteiger partial charge in [-0.15, -0.1) is 12.3 Å². The van der Waals surface area contributed by atoms with E-state index < -0.39 is 23.5 Å². The molecule has 16 heavy (non-hydrogen) atoms. The third-order valence-electron chi connectivity index (χ3n) is 2.32. The maximum absolute atomic E-state index is 13.4. The van der Waals surface area contributed by atoms with Gasteiger partial charge in [0, 0.05) is 30.2 Å². The van der Waals surface area contributed by atoms with Crippen LogP contribution in [0, 0.1) is 29.8 Å². The average molecular weight is 227 g/mol. The standard InChI is InChI=1S/C12H12F3N/c1-3-4-5-11(16-2)12-9(14)6-8(13)7-10(12)15/h1,6-7,11,16H,4-5H2,2H3. The molecular formula is C12H12F3N. The lowest BCUT2D eigenvalue weighted by Gasteiger charge is -2.16. The Balaban J connectivity index is 3.05. The van der Waals surface area contributed by atoms with Crippen molar-refractivity contribution in [3.05, 3.63) is 35.1 Å². The number of hydrogen-bond acceptors (Lipinski definition) is 1. The summed E-state index contributed by atoms with van der Waals surface area (Å²) < 4.78 is 39.5. The van der Waals surface area contributed by atoms with Crippen LogP contribution in [0.5, 0.6) is 0 Å². The van der Waals surface area contributed by atoms with Crippen LogP contribution in [0.2, 0.25) is 0 Å². The molecule has 0 aromatic heterocycles. The predicted molar refractivity (Wildman–Crippen MR) is 56.2 cm³/mol. The lowest BCUT2D eigenvalue weighted by Crippen LogP contribution is -2.19. The summed E-state index contributed by atoms with van der Waals surface area (Å²) in [6, 6.07) is 0.786. The maximum Gasteiger partial charge on any atom is 0.133 e. The van der Waals surface area contributed by atoms with E-state index in [9.17, 15) is 13.2 Å². The summed E-state index contributed by atoms with van der Waals surface area (Å²) in [5, 5.41) is 2.76. The van der Waals surface area contributed by atoms with Gasteiger partial charge >= 0.3 is 0 Å². The molecule has 1 unspecified atom stereocenters. The van der Waals surface area contributed by atoms with Crippen molar-refractivity contribution >= 4 is 0 Å². The monoisotopic (exact) mass is 227 g/mol. The van der Waals surface area contributed by atoms with Crippen LogP contribution in [0.15, 0.2) is 12.1 Å². The zero-order valence-corrected chi connectivity index (χ0v) is 8.86. The summed E-state index contributed by atoms with van der Waals surface area (Å²) in [6.45, 7) is 0. The third-order valence-corrected chi connectivity index (χ3v) is 2.32. The molecule has 86 valence electrons. The van der Waals surface area contributed by atoms with Crippen LogP contribution in [0.1, 0.15) is 24.4 Å². The molecule has 0 radical (unpaired) electrons. The van der Waals surface area contributed by atoms with Gasteiger partial charge in [-0.3, -0.25) is 0 Å². The summed E-state index contributed by atoms with van der Waals surface area (Å²) in [6.07, 6.45) is 5.87. The molecule has 4 heteroatoms. The van der Waals surface area contributed by atoms with Gasteiger partial charge in [-0.25, -0.2) is 13.2 Å². The first kappa shape index (κ1) is 12.6. The highest BCUT2D eigenvalue weighted by Crippen LogP contribution is 2.25. The van der Waals surface area contributed by atoms with Crippen molar-refractivity contribution in [2.24, 2.45) is 0 Å². The van der Waals surface area contributed by atoms with Crippen molar-refractivity contribution < 1.29 is 13.2 Å². The number of hydrogen-bond donors (Lipinski definition) is 1. The zero-order chi connectivity index (χ0) is 12.1. The molecule has 1 atom stereocenters. The Hall–Kier alpha value is -1.47. The number of nitrogens with one attached hydrogen (secondary N) is 1. The molecular weight excluding hydrogens is 215 g/mol. The average Bonchev–Trinajstić information content (AvgIpc) is 2.21. The van der Waals surface area contributed by atoms with E-state index in [-0.39, 0.29) is 5.56 Å². The molecule has 1 nitrogen and oxygen atoms in total. The van der Waals surface area contributed by atoms with Crippen molar-refractivity contribution in [2.75, 3.05) is 7.05 Å². The fourth-order valence-corrected chi connectivity index (χ4v) is 1.55. The molecule has 0 spiro atoms. The second kappa shape index (κ2) is 5.57. The predicted octanol–water partition coefficient (Wildman–Crippen LogP) is 2.78. The second-order valence-corrected chi connectivity index (χ2v) is 3.37. The molecule has 0 saturated carbocycles. The van der Waals surface area contributed by atoms with Gasteiger partial charge in [0.25, 0.3) is 0 Å². The molecule has 1 aromatic rings. The molecule has 0 heterocycles. The Kier molecular flexibility index (Phi) is 4.39. The first-order chi connectivity index (χ1) is 7.60. The minimum Gasteiger partial charge on any atom is -0.313 e. The van der Waals surface area contributed by atoms with Crippen LogP contribution >= 0.6 is 0 Å². The first-order valence-electron chi connectivity index (χ1n) is 4.85. The van der Waals surface area contributed by atoms with Crippen LogP contribution in [-0.4, -0.2) is 7.05 Å². The molecule has 1 N–H and O–H groups in total. The van der Waals surface area contributed by atoms with Crippen LogP contribution in [0.3, 0.4) is 0 Å². The molecule has 0 saturated heterocycles. The van der Waals surface area contributed by atoms with E-state index in [0.717, 1.165) is 0 Å². The summed E-state index contributed by atoms with van der Waals surface area (Å²) in [7, 11) is 1.57. The van der Waals surface area contributed by atoms with Gasteiger partial charge in [-0.1, -0.05) is 0 Å². The van der Waals surface area contributed by atoms with Gasteiger partial charge in [0.05, 0.1) is 0 Å². The molecule has 0 aliphatic heterocycles. The SMILES string of the molecule is C#CCCC(NC)c1c(F)cc(F)cc1F. The molecule has 0 aliphatic carbocycles. The minimum atomic E-state index is -0.925. The van der Waals surface area contributed by atoms with Crippen LogP contribution in [0.25, 0.3) is 0 Å². The van der Waals surface area contributed by atoms with E-state index in [2.05, 4.69) is 11.2 Å². The number of halogens is 3. The van der Waals surface area contributed by atoms with Gasteiger partial charge in [-0.05, 0) is 13.5 Å². The smallest absolute Gasteiger partial charge is 0.133 e. The molecule has 0 amide bonds. The van der Waals surface area contributed by atoms with E-state index in [1.807, 2.05) is 0 Å². The maximum atomic E-state index is 13.4. The van der Waals surface area contributed by atoms with E-state index >= 15 is 0 Å². The van der Waals surface area contributed by atoms with Crippen molar-refractivity contribution in [2.45, 2.75) is 18.9 Å². The highest BCUT2D eigenvalue weighted by atomic mass is 19.1. The Morgan fingerprint density at radius 1 is 1.31 bits per heavy atom. The summed E-state index contributed by atoms with van der Waals surface area (Å²) in [5.41, 5.74) is -0.167. The summed E-state index contributed by atoms with van der Waals surface area (Å²) in [4.78, 5) is 0. The number of rotatable bonds is 4. The van der Waals surface area contributed by atoms with Crippen molar-refractivity contribution in [1.82, 2.24) is 5.32 Å². The van der Waals surface area contributed by atoms with E-state index in [4.69, 9.17) is 6.42 Å². The summed E-state index contributed by atoms with van der Waals surface area (Å²) >= 11 is 0. The topological polar surface area (TPSA) is 12.0 Å². The lowest BCUT2D eigenvalue weighted by atomic mass is 10.0. The van der Waals surface area contributed by atoms with Gasteiger partial charge in [0.15, 0.2) is 0 Å². The third kappa shape index (κ3) is 2.77. The van der Waals surface area contributed by atoms with Crippen LogP contribution in [0.4, 0.5) is 13.2 Å². The van der Waals surface area contributed by atoms with Gasteiger partial charge < -0.3 is 5.32 Å². The Labute approximate surface area is 92.7 Å². The first-order valence-corrected chi connectivity index (χ1v) is 4.85. The van der Waals surface area contributed by atoms with Crippen LogP contribution in [-0.2, 0) is 0 Å². The molecule has 1 rings (SSSR count). The highest BCUT2D eigenvalue weighted by molar-refractivity contribution is 5.24. The van der Waals surface area contributed by atoms with Gasteiger partial charge in [0.1, 0.15) is 17.5 Å². The quantitative estimate of drug-likeness (QED) is 0.780.